The van der Waals surface area contributed by atoms with Gasteiger partial charge in [-0.1, -0.05) is 168 Å². The number of esters is 2. The zero-order chi connectivity index (χ0) is 37.4. The number of hydrogen-bond donors (Lipinski definition) is 4. The molecule has 0 aromatic heterocycles. The van der Waals surface area contributed by atoms with Crippen LogP contribution in [0.15, 0.2) is 0 Å². The van der Waals surface area contributed by atoms with Crippen LogP contribution in [0.25, 0.3) is 0 Å². The molecule has 0 bridgehead atoms. The van der Waals surface area contributed by atoms with Gasteiger partial charge in [0.1, 0.15) is 31.0 Å². The first kappa shape index (κ1) is 47.7. The lowest BCUT2D eigenvalue weighted by Crippen LogP contribution is -2.59. The molecule has 0 spiro atoms. The standard InChI is InChI=1S/C41H78O10/c1-3-5-7-9-11-12-13-14-15-16-17-18-19-20-21-22-23-24-26-28-30-37(44)50-34(32-48-36(43)29-27-25-10-8-6-4-2)33-49-41-40(47)39(46)38(45)35(31-42)51-41/h34-35,38-42,45-47H,3-33H2,1-2H3. The SMILES string of the molecule is CCCCCCCCCCCCCCCCCCCCCCC(=O)OC(COC(=O)CCCCCCCC)COC1OC(CO)C(O)C(O)C1O. The number of carbonyl (C=O) groups excluding carboxylic acids is 2. The van der Waals surface area contributed by atoms with E-state index in [1.807, 2.05) is 0 Å². The van der Waals surface area contributed by atoms with Crippen molar-refractivity contribution in [1.82, 2.24) is 0 Å². The Hall–Kier alpha value is -1.30. The van der Waals surface area contributed by atoms with Gasteiger partial charge < -0.3 is 39.4 Å². The summed E-state index contributed by atoms with van der Waals surface area (Å²) >= 11 is 0. The third-order valence-electron chi connectivity index (χ3n) is 9.99. The fraction of sp³-hybridized carbons (Fsp3) is 0.951. The summed E-state index contributed by atoms with van der Waals surface area (Å²) in [5.41, 5.74) is 0. The number of carbonyl (C=O) groups is 2. The van der Waals surface area contributed by atoms with Crippen LogP contribution in [0.1, 0.15) is 194 Å². The molecule has 1 heterocycles. The Labute approximate surface area is 310 Å². The molecule has 10 heteroatoms. The first-order valence-electron chi connectivity index (χ1n) is 21.1. The molecule has 1 fully saturated rings. The molecule has 6 unspecified atom stereocenters. The maximum atomic E-state index is 12.7. The molecule has 0 amide bonds. The Bertz CT molecular complexity index is 809. The van der Waals surface area contributed by atoms with E-state index in [1.165, 1.54) is 109 Å². The highest BCUT2D eigenvalue weighted by Crippen LogP contribution is 2.23. The van der Waals surface area contributed by atoms with E-state index < -0.39 is 49.4 Å². The minimum atomic E-state index is -1.59. The third-order valence-corrected chi connectivity index (χ3v) is 9.99. The van der Waals surface area contributed by atoms with E-state index in [0.29, 0.717) is 6.42 Å². The monoisotopic (exact) mass is 731 g/mol. The zero-order valence-corrected chi connectivity index (χ0v) is 32.6. The molecule has 1 rings (SSSR count). The van der Waals surface area contributed by atoms with Crippen molar-refractivity contribution in [3.8, 4) is 0 Å². The second kappa shape index (κ2) is 33.3. The highest BCUT2D eigenvalue weighted by atomic mass is 16.7. The molecule has 4 N–H and O–H groups in total. The Morgan fingerprint density at radius 3 is 1.33 bits per heavy atom. The average Bonchev–Trinajstić information content (AvgIpc) is 3.13. The predicted molar refractivity (Wildman–Crippen MR) is 201 cm³/mol. The number of unbranched alkanes of at least 4 members (excludes halogenated alkanes) is 24. The molecule has 1 saturated heterocycles. The number of aliphatic hydroxyl groups is 4. The van der Waals surface area contributed by atoms with Crippen LogP contribution in [0.2, 0.25) is 0 Å². The Morgan fingerprint density at radius 1 is 0.529 bits per heavy atom. The molecule has 0 radical (unpaired) electrons. The number of aliphatic hydroxyl groups excluding tert-OH is 4. The van der Waals surface area contributed by atoms with Crippen molar-refractivity contribution in [3.05, 3.63) is 0 Å². The van der Waals surface area contributed by atoms with Crippen molar-refractivity contribution in [1.29, 1.82) is 0 Å². The van der Waals surface area contributed by atoms with Gasteiger partial charge in [-0.3, -0.25) is 9.59 Å². The molecular formula is C41H78O10. The number of hydrogen-bond acceptors (Lipinski definition) is 10. The summed E-state index contributed by atoms with van der Waals surface area (Å²) in [6.45, 7) is 3.37. The van der Waals surface area contributed by atoms with Crippen molar-refractivity contribution in [2.24, 2.45) is 0 Å². The minimum absolute atomic E-state index is 0.211. The fourth-order valence-electron chi connectivity index (χ4n) is 6.60. The predicted octanol–water partition coefficient (Wildman–Crippen LogP) is 8.22. The summed E-state index contributed by atoms with van der Waals surface area (Å²) in [7, 11) is 0. The van der Waals surface area contributed by atoms with E-state index in [1.54, 1.807) is 0 Å². The topological polar surface area (TPSA) is 152 Å². The Kier molecular flexibility index (Phi) is 31.1. The van der Waals surface area contributed by atoms with E-state index in [0.717, 1.165) is 51.4 Å². The summed E-state index contributed by atoms with van der Waals surface area (Å²) in [5.74, 6) is -0.805. The molecule has 0 aromatic carbocycles. The van der Waals surface area contributed by atoms with Crippen LogP contribution in [0.3, 0.4) is 0 Å². The highest BCUT2D eigenvalue weighted by molar-refractivity contribution is 5.70. The van der Waals surface area contributed by atoms with Crippen molar-refractivity contribution in [3.63, 3.8) is 0 Å². The van der Waals surface area contributed by atoms with Crippen LogP contribution < -0.4 is 0 Å². The Balaban J connectivity index is 2.23. The van der Waals surface area contributed by atoms with E-state index in [-0.39, 0.29) is 32.0 Å². The van der Waals surface area contributed by atoms with Crippen molar-refractivity contribution in [2.75, 3.05) is 19.8 Å². The van der Waals surface area contributed by atoms with Crippen molar-refractivity contribution < 1.29 is 49.0 Å². The molecule has 0 aromatic rings. The molecule has 6 atom stereocenters. The molecule has 0 saturated carbocycles. The molecule has 1 aliphatic heterocycles. The van der Waals surface area contributed by atoms with Gasteiger partial charge in [0, 0.05) is 12.8 Å². The normalized spacial score (nSPS) is 21.1. The highest BCUT2D eigenvalue weighted by Gasteiger charge is 2.44. The van der Waals surface area contributed by atoms with Gasteiger partial charge in [-0.05, 0) is 12.8 Å². The second-order valence-corrected chi connectivity index (χ2v) is 14.8. The lowest BCUT2D eigenvalue weighted by Gasteiger charge is -2.39. The van der Waals surface area contributed by atoms with Crippen molar-refractivity contribution in [2.45, 2.75) is 230 Å². The van der Waals surface area contributed by atoms with Crippen LogP contribution in [-0.2, 0) is 28.5 Å². The van der Waals surface area contributed by atoms with E-state index >= 15 is 0 Å². The molecule has 10 nitrogen and oxygen atoms in total. The van der Waals surface area contributed by atoms with Crippen LogP contribution in [0, 0.1) is 0 Å². The van der Waals surface area contributed by atoms with Crippen LogP contribution in [-0.4, -0.2) is 89.0 Å². The van der Waals surface area contributed by atoms with Crippen molar-refractivity contribution >= 4 is 11.9 Å². The largest absolute Gasteiger partial charge is 0.462 e. The van der Waals surface area contributed by atoms with Crippen LogP contribution >= 0.6 is 0 Å². The summed E-state index contributed by atoms with van der Waals surface area (Å²) in [5, 5.41) is 39.9. The molecule has 302 valence electrons. The minimum Gasteiger partial charge on any atom is -0.462 e. The maximum Gasteiger partial charge on any atom is 0.306 e. The van der Waals surface area contributed by atoms with E-state index in [2.05, 4.69) is 13.8 Å². The molecule has 1 aliphatic rings. The van der Waals surface area contributed by atoms with Crippen LogP contribution in [0.4, 0.5) is 0 Å². The number of rotatable bonds is 35. The quantitative estimate of drug-likeness (QED) is 0.0371. The summed E-state index contributed by atoms with van der Waals surface area (Å²) in [6, 6.07) is 0. The van der Waals surface area contributed by atoms with E-state index in [4.69, 9.17) is 18.9 Å². The third kappa shape index (κ3) is 25.4. The number of ether oxygens (including phenoxy) is 4. The summed E-state index contributed by atoms with van der Waals surface area (Å²) < 4.78 is 22.0. The van der Waals surface area contributed by atoms with Gasteiger partial charge in [-0.2, -0.15) is 0 Å². The first-order chi connectivity index (χ1) is 24.8. The van der Waals surface area contributed by atoms with Gasteiger partial charge in [0.15, 0.2) is 12.4 Å². The molecular weight excluding hydrogens is 652 g/mol. The molecule has 51 heavy (non-hydrogen) atoms. The second-order valence-electron chi connectivity index (χ2n) is 14.8. The van der Waals surface area contributed by atoms with Gasteiger partial charge in [-0.15, -0.1) is 0 Å². The lowest BCUT2D eigenvalue weighted by molar-refractivity contribution is -0.305. The van der Waals surface area contributed by atoms with Gasteiger partial charge in [-0.25, -0.2) is 0 Å². The van der Waals surface area contributed by atoms with Crippen LogP contribution in [0.5, 0.6) is 0 Å². The van der Waals surface area contributed by atoms with Gasteiger partial charge in [0.05, 0.1) is 13.2 Å². The summed E-state index contributed by atoms with van der Waals surface area (Å²) in [4.78, 5) is 25.0. The van der Waals surface area contributed by atoms with Gasteiger partial charge in [0.2, 0.25) is 0 Å². The van der Waals surface area contributed by atoms with Gasteiger partial charge in [0.25, 0.3) is 0 Å². The molecule has 0 aliphatic carbocycles. The lowest BCUT2D eigenvalue weighted by atomic mass is 9.99. The smallest absolute Gasteiger partial charge is 0.306 e. The van der Waals surface area contributed by atoms with Gasteiger partial charge >= 0.3 is 11.9 Å². The fourth-order valence-corrected chi connectivity index (χ4v) is 6.60. The summed E-state index contributed by atoms with van der Waals surface area (Å²) in [6.07, 6.45) is 24.4. The van der Waals surface area contributed by atoms with E-state index in [9.17, 15) is 30.0 Å². The average molecular weight is 731 g/mol. The zero-order valence-electron chi connectivity index (χ0n) is 32.6. The Morgan fingerprint density at radius 2 is 0.922 bits per heavy atom. The maximum absolute atomic E-state index is 12.7. The first-order valence-corrected chi connectivity index (χ1v) is 21.1.